The molecular formula is C18H20F2N2O. The Hall–Kier alpha value is -2.04. The second-order valence-electron chi connectivity index (χ2n) is 6.47. The highest BCUT2D eigenvalue weighted by atomic mass is 19.3. The molecule has 1 aliphatic heterocycles. The SMILES string of the molecule is CC(=O)c1cc2ccc(C)cc2nc1N1CCC(F)(F)C(C)C1. The fourth-order valence-electron chi connectivity index (χ4n) is 3.05. The molecule has 0 radical (unpaired) electrons. The normalized spacial score (nSPS) is 20.7. The smallest absolute Gasteiger partial charge is 0.254 e. The highest BCUT2D eigenvalue weighted by molar-refractivity contribution is 6.02. The van der Waals surface area contributed by atoms with E-state index in [1.807, 2.05) is 36.1 Å². The van der Waals surface area contributed by atoms with E-state index in [1.54, 1.807) is 6.92 Å². The maximum atomic E-state index is 13.7. The van der Waals surface area contributed by atoms with E-state index in [9.17, 15) is 13.6 Å². The third-order valence-electron chi connectivity index (χ3n) is 4.56. The summed E-state index contributed by atoms with van der Waals surface area (Å²) in [5, 5.41) is 0.889. The molecule has 0 spiro atoms. The number of nitrogens with zero attached hydrogens (tertiary/aromatic N) is 2. The molecule has 0 amide bonds. The first-order valence-corrected chi connectivity index (χ1v) is 7.83. The molecule has 3 rings (SSSR count). The quantitative estimate of drug-likeness (QED) is 0.777. The molecule has 5 heteroatoms. The van der Waals surface area contributed by atoms with Gasteiger partial charge in [-0.1, -0.05) is 19.1 Å². The van der Waals surface area contributed by atoms with Crippen LogP contribution in [0.25, 0.3) is 10.9 Å². The number of ketones is 1. The number of benzene rings is 1. The van der Waals surface area contributed by atoms with E-state index in [1.165, 1.54) is 6.92 Å². The van der Waals surface area contributed by atoms with Crippen molar-refractivity contribution in [2.45, 2.75) is 33.1 Å². The lowest BCUT2D eigenvalue weighted by Gasteiger charge is -2.38. The van der Waals surface area contributed by atoms with Crippen molar-refractivity contribution < 1.29 is 13.6 Å². The molecule has 1 aliphatic rings. The van der Waals surface area contributed by atoms with Crippen LogP contribution in [-0.4, -0.2) is 29.8 Å². The number of hydrogen-bond donors (Lipinski definition) is 0. The molecule has 0 saturated carbocycles. The first kappa shape index (κ1) is 15.8. The molecule has 23 heavy (non-hydrogen) atoms. The lowest BCUT2D eigenvalue weighted by Crippen LogP contribution is -2.46. The summed E-state index contributed by atoms with van der Waals surface area (Å²) in [6.45, 7) is 5.43. The van der Waals surface area contributed by atoms with Crippen molar-refractivity contribution in [3.8, 4) is 0 Å². The molecule has 2 aromatic rings. The van der Waals surface area contributed by atoms with Crippen molar-refractivity contribution in [2.24, 2.45) is 5.92 Å². The molecule has 1 aromatic heterocycles. The zero-order chi connectivity index (χ0) is 16.8. The van der Waals surface area contributed by atoms with E-state index in [0.29, 0.717) is 11.4 Å². The van der Waals surface area contributed by atoms with E-state index in [-0.39, 0.29) is 25.3 Å². The number of anilines is 1. The number of fused-ring (bicyclic) bond motifs is 1. The van der Waals surface area contributed by atoms with E-state index < -0.39 is 11.8 Å². The van der Waals surface area contributed by atoms with Gasteiger partial charge in [0.15, 0.2) is 5.78 Å². The fraction of sp³-hybridized carbons (Fsp3) is 0.444. The summed E-state index contributed by atoms with van der Waals surface area (Å²) in [5.41, 5.74) is 2.36. The number of hydrogen-bond acceptors (Lipinski definition) is 3. The number of carbonyl (C=O) groups is 1. The fourth-order valence-corrected chi connectivity index (χ4v) is 3.05. The van der Waals surface area contributed by atoms with Crippen molar-refractivity contribution in [3.63, 3.8) is 0 Å². The number of halogens is 2. The largest absolute Gasteiger partial charge is 0.355 e. The first-order valence-electron chi connectivity index (χ1n) is 7.83. The van der Waals surface area contributed by atoms with Gasteiger partial charge in [0.05, 0.1) is 11.1 Å². The third kappa shape index (κ3) is 2.92. The maximum Gasteiger partial charge on any atom is 0.254 e. The Morgan fingerprint density at radius 3 is 2.74 bits per heavy atom. The highest BCUT2D eigenvalue weighted by Crippen LogP contribution is 2.36. The minimum atomic E-state index is -2.65. The second-order valence-corrected chi connectivity index (χ2v) is 6.47. The number of Topliss-reactive ketones (excluding diaryl/α,β-unsaturated/α-hetero) is 1. The minimum absolute atomic E-state index is 0.0973. The number of aryl methyl sites for hydroxylation is 1. The summed E-state index contributed by atoms with van der Waals surface area (Å²) < 4.78 is 27.5. The average Bonchev–Trinajstić information content (AvgIpc) is 2.48. The lowest BCUT2D eigenvalue weighted by molar-refractivity contribution is -0.0652. The van der Waals surface area contributed by atoms with Crippen molar-refractivity contribution in [3.05, 3.63) is 35.4 Å². The van der Waals surface area contributed by atoms with Gasteiger partial charge in [0, 0.05) is 30.8 Å². The van der Waals surface area contributed by atoms with Gasteiger partial charge >= 0.3 is 0 Å². The Balaban J connectivity index is 2.08. The van der Waals surface area contributed by atoms with Gasteiger partial charge in [-0.25, -0.2) is 13.8 Å². The second kappa shape index (κ2) is 5.55. The van der Waals surface area contributed by atoms with Crippen LogP contribution < -0.4 is 4.90 Å². The number of alkyl halides is 2. The van der Waals surface area contributed by atoms with Gasteiger partial charge in [0.1, 0.15) is 5.82 Å². The molecular weight excluding hydrogens is 298 g/mol. The van der Waals surface area contributed by atoms with E-state index in [2.05, 4.69) is 4.98 Å². The number of piperidine rings is 1. The Kier molecular flexibility index (Phi) is 3.82. The van der Waals surface area contributed by atoms with Gasteiger partial charge in [-0.15, -0.1) is 0 Å². The highest BCUT2D eigenvalue weighted by Gasteiger charge is 2.41. The predicted molar refractivity (Wildman–Crippen MR) is 87.4 cm³/mol. The van der Waals surface area contributed by atoms with E-state index >= 15 is 0 Å². The van der Waals surface area contributed by atoms with Crippen molar-refractivity contribution >= 4 is 22.5 Å². The molecule has 122 valence electrons. The van der Waals surface area contributed by atoms with Crippen molar-refractivity contribution in [1.29, 1.82) is 0 Å². The molecule has 3 nitrogen and oxygen atoms in total. The van der Waals surface area contributed by atoms with Crippen LogP contribution in [0, 0.1) is 12.8 Å². The van der Waals surface area contributed by atoms with Gasteiger partial charge in [0.25, 0.3) is 5.92 Å². The summed E-state index contributed by atoms with van der Waals surface area (Å²) in [7, 11) is 0. The molecule has 0 bridgehead atoms. The Morgan fingerprint density at radius 2 is 2.09 bits per heavy atom. The summed E-state index contributed by atoms with van der Waals surface area (Å²) in [6, 6.07) is 7.67. The molecule has 1 aromatic carbocycles. The molecule has 0 N–H and O–H groups in total. The van der Waals surface area contributed by atoms with Crippen molar-refractivity contribution in [2.75, 3.05) is 18.0 Å². The van der Waals surface area contributed by atoms with Crippen molar-refractivity contribution in [1.82, 2.24) is 4.98 Å². The summed E-state index contributed by atoms with van der Waals surface area (Å²) in [5.74, 6) is -2.98. The molecule has 1 fully saturated rings. The summed E-state index contributed by atoms with van der Waals surface area (Å²) in [6.07, 6.45) is -0.209. The van der Waals surface area contributed by atoms with Crippen LogP contribution >= 0.6 is 0 Å². The van der Waals surface area contributed by atoms with Crippen LogP contribution in [-0.2, 0) is 0 Å². The Labute approximate surface area is 134 Å². The first-order chi connectivity index (χ1) is 10.8. The van der Waals surface area contributed by atoms with Gasteiger partial charge in [-0.05, 0) is 31.5 Å². The topological polar surface area (TPSA) is 33.2 Å². The standard InChI is InChI=1S/C18H20F2N2O/c1-11-4-5-14-9-15(13(3)23)17(21-16(14)8-11)22-7-6-18(19,20)12(2)10-22/h4-5,8-9,12H,6-7,10H2,1-3H3. The van der Waals surface area contributed by atoms with E-state index in [4.69, 9.17) is 0 Å². The number of carbonyl (C=O) groups excluding carboxylic acids is 1. The van der Waals surface area contributed by atoms with Crippen LogP contribution in [0.5, 0.6) is 0 Å². The zero-order valence-electron chi connectivity index (χ0n) is 13.6. The minimum Gasteiger partial charge on any atom is -0.355 e. The third-order valence-corrected chi connectivity index (χ3v) is 4.56. The Bertz CT molecular complexity index is 773. The van der Waals surface area contributed by atoms with Gasteiger partial charge in [-0.2, -0.15) is 0 Å². The number of rotatable bonds is 2. The molecule has 1 atom stereocenters. The van der Waals surface area contributed by atoms with Gasteiger partial charge < -0.3 is 4.90 Å². The predicted octanol–water partition coefficient (Wildman–Crippen LogP) is 4.23. The monoisotopic (exact) mass is 318 g/mol. The van der Waals surface area contributed by atoms with E-state index in [0.717, 1.165) is 16.5 Å². The summed E-state index contributed by atoms with van der Waals surface area (Å²) >= 11 is 0. The Morgan fingerprint density at radius 1 is 1.35 bits per heavy atom. The van der Waals surface area contributed by atoms with Gasteiger partial charge in [-0.3, -0.25) is 4.79 Å². The van der Waals surface area contributed by atoms with Crippen LogP contribution in [0.2, 0.25) is 0 Å². The molecule has 1 unspecified atom stereocenters. The van der Waals surface area contributed by atoms with Gasteiger partial charge in [0.2, 0.25) is 0 Å². The maximum absolute atomic E-state index is 13.7. The molecule has 0 aliphatic carbocycles. The van der Waals surface area contributed by atoms with Crippen LogP contribution in [0.1, 0.15) is 36.2 Å². The average molecular weight is 318 g/mol. The number of pyridine rings is 1. The van der Waals surface area contributed by atoms with Crippen LogP contribution in [0.4, 0.5) is 14.6 Å². The number of aromatic nitrogens is 1. The lowest BCUT2D eigenvalue weighted by atomic mass is 9.95. The molecule has 1 saturated heterocycles. The van der Waals surface area contributed by atoms with Crippen LogP contribution in [0.15, 0.2) is 24.3 Å². The zero-order valence-corrected chi connectivity index (χ0v) is 13.6. The molecule has 2 heterocycles. The van der Waals surface area contributed by atoms with Crippen LogP contribution in [0.3, 0.4) is 0 Å². The summed E-state index contributed by atoms with van der Waals surface area (Å²) in [4.78, 5) is 18.5.